The Morgan fingerprint density at radius 3 is 2.26 bits per heavy atom. The lowest BCUT2D eigenvalue weighted by Gasteiger charge is -2.64. The molecule has 2 unspecified atom stereocenters. The van der Waals surface area contributed by atoms with Crippen molar-refractivity contribution in [2.24, 2.45) is 17.3 Å². The Morgan fingerprint density at radius 1 is 1.04 bits per heavy atom. The van der Waals surface area contributed by atoms with Crippen molar-refractivity contribution in [3.8, 4) is 0 Å². The van der Waals surface area contributed by atoms with Crippen LogP contribution in [0.1, 0.15) is 54.4 Å². The second kappa shape index (κ2) is 7.05. The summed E-state index contributed by atoms with van der Waals surface area (Å²) in [7, 11) is 1.25. The molecule has 0 aromatic heterocycles. The highest BCUT2D eigenvalue weighted by Gasteiger charge is 2.68. The predicted molar refractivity (Wildman–Crippen MR) is 104 cm³/mol. The van der Waals surface area contributed by atoms with Crippen LogP contribution in [0.15, 0.2) is 0 Å². The number of hydrogen-bond donors (Lipinski definition) is 3. The van der Waals surface area contributed by atoms with Gasteiger partial charge in [0.15, 0.2) is 0 Å². The minimum Gasteiger partial charge on any atom is -0.404 e. The summed E-state index contributed by atoms with van der Waals surface area (Å²) in [5, 5.41) is 8.51. The Kier molecular flexibility index (Phi) is 5.38. The summed E-state index contributed by atoms with van der Waals surface area (Å²) in [6, 6.07) is -0.973. The van der Waals surface area contributed by atoms with Crippen LogP contribution in [0.3, 0.4) is 0 Å². The Balaban J connectivity index is 1.56. The zero-order valence-electron chi connectivity index (χ0n) is 17.6. The summed E-state index contributed by atoms with van der Waals surface area (Å²) in [4.78, 5) is 24.4. The Morgan fingerprint density at radius 2 is 1.67 bits per heavy atom. The summed E-state index contributed by atoms with van der Waals surface area (Å²) >= 11 is 0. The van der Waals surface area contributed by atoms with Gasteiger partial charge >= 0.3 is 7.12 Å². The van der Waals surface area contributed by atoms with Gasteiger partial charge in [-0.25, -0.2) is 0 Å². The molecule has 2 amide bonds. The highest BCUT2D eigenvalue weighted by molar-refractivity contribution is 6.47. The maximum Gasteiger partial charge on any atom is 0.481 e. The monoisotopic (exact) mass is 379 g/mol. The number of amides is 2. The largest absolute Gasteiger partial charge is 0.481 e. The molecule has 0 aromatic rings. The van der Waals surface area contributed by atoms with Crippen LogP contribution >= 0.6 is 0 Å². The molecular weight excluding hydrogens is 345 g/mol. The number of hydrogen-bond acceptors (Lipinski definition) is 5. The minimum absolute atomic E-state index is 0.0900. The standard InChI is InChI=1S/C19H34BN3O4/c1-10(21-7)16(24)22-11(2)17(25)23-12(3)20-26-15-9-13-8-14(18(13,4)5)19(15,6)27-20/h10-15,21H,8-9H2,1-7H3,(H,22,24)(H,23,25)/t10?,11?,12-,13-,14-,15+,19-/m0/s1. The molecule has 0 aromatic carbocycles. The maximum atomic E-state index is 12.5. The first-order valence-corrected chi connectivity index (χ1v) is 10.1. The molecule has 3 N–H and O–H groups in total. The number of likely N-dealkylation sites (N-methyl/N-ethyl adjacent to an activating group) is 1. The molecule has 0 radical (unpaired) electrons. The first kappa shape index (κ1) is 20.6. The molecule has 4 rings (SSSR count). The fraction of sp³-hybridized carbons (Fsp3) is 0.895. The summed E-state index contributed by atoms with van der Waals surface area (Å²) < 4.78 is 12.6. The predicted octanol–water partition coefficient (Wildman–Crippen LogP) is 0.871. The maximum absolute atomic E-state index is 12.5. The van der Waals surface area contributed by atoms with E-state index in [2.05, 4.69) is 36.7 Å². The van der Waals surface area contributed by atoms with Gasteiger partial charge in [-0.3, -0.25) is 9.59 Å². The van der Waals surface area contributed by atoms with Crippen LogP contribution in [-0.2, 0) is 18.9 Å². The molecule has 4 fully saturated rings. The van der Waals surface area contributed by atoms with Gasteiger partial charge in [-0.1, -0.05) is 13.8 Å². The van der Waals surface area contributed by atoms with Crippen molar-refractivity contribution < 1.29 is 18.9 Å². The highest BCUT2D eigenvalue weighted by atomic mass is 16.7. The fourth-order valence-corrected chi connectivity index (χ4v) is 5.07. The van der Waals surface area contributed by atoms with Crippen LogP contribution in [0.5, 0.6) is 0 Å². The van der Waals surface area contributed by atoms with Crippen LogP contribution in [0.2, 0.25) is 0 Å². The number of carbonyl (C=O) groups is 2. The quantitative estimate of drug-likeness (QED) is 0.596. The number of rotatable bonds is 6. The van der Waals surface area contributed by atoms with Gasteiger partial charge in [0.1, 0.15) is 6.04 Å². The van der Waals surface area contributed by atoms with Gasteiger partial charge < -0.3 is 25.3 Å². The number of nitrogens with one attached hydrogen (secondary N) is 3. The van der Waals surface area contributed by atoms with Gasteiger partial charge in [-0.2, -0.15) is 0 Å². The normalized spacial score (nSPS) is 36.9. The summed E-state index contributed by atoms with van der Waals surface area (Å²) in [5.41, 5.74) is 0.00273. The van der Waals surface area contributed by atoms with Crippen LogP contribution in [0.25, 0.3) is 0 Å². The van der Waals surface area contributed by atoms with Gasteiger partial charge in [0, 0.05) is 0 Å². The van der Waals surface area contributed by atoms with Crippen molar-refractivity contribution in [1.82, 2.24) is 16.0 Å². The molecule has 4 aliphatic rings. The first-order chi connectivity index (χ1) is 12.5. The van der Waals surface area contributed by atoms with Gasteiger partial charge in [0.2, 0.25) is 11.8 Å². The lowest BCUT2D eigenvalue weighted by molar-refractivity contribution is -0.199. The van der Waals surface area contributed by atoms with Gasteiger partial charge in [-0.05, 0) is 64.8 Å². The molecule has 3 saturated carbocycles. The second-order valence-corrected chi connectivity index (χ2v) is 9.37. The third-order valence-electron chi connectivity index (χ3n) is 7.33. The minimum atomic E-state index is -0.623. The molecule has 1 aliphatic heterocycles. The average Bonchev–Trinajstić information content (AvgIpc) is 2.97. The fourth-order valence-electron chi connectivity index (χ4n) is 5.07. The van der Waals surface area contributed by atoms with E-state index >= 15 is 0 Å². The van der Waals surface area contributed by atoms with Gasteiger partial charge in [0.05, 0.1) is 23.7 Å². The Bertz CT molecular complexity index is 616. The molecule has 152 valence electrons. The average molecular weight is 379 g/mol. The third-order valence-corrected chi connectivity index (χ3v) is 7.33. The van der Waals surface area contributed by atoms with Crippen molar-refractivity contribution in [1.29, 1.82) is 0 Å². The molecule has 1 heterocycles. The Hall–Kier alpha value is -1.12. The lowest BCUT2D eigenvalue weighted by Crippen LogP contribution is -2.65. The highest BCUT2D eigenvalue weighted by Crippen LogP contribution is 2.65. The van der Waals surface area contributed by atoms with Crippen molar-refractivity contribution in [2.75, 3.05) is 7.05 Å². The molecular formula is C19H34BN3O4. The van der Waals surface area contributed by atoms with Crippen molar-refractivity contribution in [3.63, 3.8) is 0 Å². The molecule has 27 heavy (non-hydrogen) atoms. The zero-order chi connectivity index (χ0) is 20.1. The van der Waals surface area contributed by atoms with Crippen LogP contribution in [0.4, 0.5) is 0 Å². The SMILES string of the molecule is CNC(C)C(=O)NC(C)C(=O)N[C@@H](C)B1O[C@@H]2C[C@@H]3C[C@@H](C3(C)C)[C@]2(C)O1. The molecule has 7 nitrogen and oxygen atoms in total. The van der Waals surface area contributed by atoms with E-state index in [0.29, 0.717) is 17.3 Å². The van der Waals surface area contributed by atoms with Crippen LogP contribution in [0, 0.1) is 17.3 Å². The number of carbonyl (C=O) groups excluding carboxylic acids is 2. The molecule has 3 aliphatic carbocycles. The molecule has 1 saturated heterocycles. The van der Waals surface area contributed by atoms with E-state index in [4.69, 9.17) is 9.31 Å². The summed E-state index contributed by atoms with van der Waals surface area (Å²) in [6.07, 6.45) is 2.31. The van der Waals surface area contributed by atoms with E-state index < -0.39 is 13.2 Å². The van der Waals surface area contributed by atoms with E-state index in [0.717, 1.165) is 6.42 Å². The molecule has 7 atom stereocenters. The van der Waals surface area contributed by atoms with Crippen LogP contribution < -0.4 is 16.0 Å². The Labute approximate surface area is 162 Å². The third kappa shape index (κ3) is 3.40. The molecule has 8 heteroatoms. The van der Waals surface area contributed by atoms with Gasteiger partial charge in [0.25, 0.3) is 0 Å². The van der Waals surface area contributed by atoms with E-state index in [9.17, 15) is 9.59 Å². The van der Waals surface area contributed by atoms with Crippen LogP contribution in [-0.4, -0.2) is 55.7 Å². The molecule has 2 bridgehead atoms. The lowest BCUT2D eigenvalue weighted by atomic mass is 9.43. The van der Waals surface area contributed by atoms with Crippen molar-refractivity contribution >= 4 is 18.9 Å². The van der Waals surface area contributed by atoms with E-state index in [1.54, 1.807) is 20.9 Å². The molecule has 0 spiro atoms. The van der Waals surface area contributed by atoms with E-state index in [1.807, 2.05) is 6.92 Å². The van der Waals surface area contributed by atoms with Crippen molar-refractivity contribution in [2.45, 2.75) is 84.1 Å². The van der Waals surface area contributed by atoms with Gasteiger partial charge in [-0.15, -0.1) is 0 Å². The van der Waals surface area contributed by atoms with Crippen molar-refractivity contribution in [3.05, 3.63) is 0 Å². The first-order valence-electron chi connectivity index (χ1n) is 10.1. The smallest absolute Gasteiger partial charge is 0.404 e. The topological polar surface area (TPSA) is 88.7 Å². The van der Waals surface area contributed by atoms with E-state index in [1.165, 1.54) is 6.42 Å². The second-order valence-electron chi connectivity index (χ2n) is 9.37. The van der Waals surface area contributed by atoms with E-state index in [-0.39, 0.29) is 35.5 Å². The zero-order valence-corrected chi connectivity index (χ0v) is 17.6. The summed E-state index contributed by atoms with van der Waals surface area (Å²) in [5.74, 6) is 0.444. The summed E-state index contributed by atoms with van der Waals surface area (Å²) in [6.45, 7) is 12.1.